The van der Waals surface area contributed by atoms with Gasteiger partial charge in [0.1, 0.15) is 35.9 Å². The fraction of sp³-hybridized carbons (Fsp3) is 0.379. The van der Waals surface area contributed by atoms with Crippen molar-refractivity contribution in [1.82, 2.24) is 19.9 Å². The van der Waals surface area contributed by atoms with E-state index in [0.717, 1.165) is 22.4 Å². The van der Waals surface area contributed by atoms with Crippen molar-refractivity contribution < 1.29 is 28.8 Å². The molecule has 5 rings (SSSR count). The second kappa shape index (κ2) is 12.5. The number of ether oxygens (including phenoxy) is 5. The molecule has 1 aliphatic rings. The lowest BCUT2D eigenvalue weighted by Crippen LogP contribution is -2.37. The predicted octanol–water partition coefficient (Wildman–Crippen LogP) is 3.23. The van der Waals surface area contributed by atoms with Crippen LogP contribution >= 0.6 is 0 Å². The summed E-state index contributed by atoms with van der Waals surface area (Å²) in [5, 5.41) is 14.8. The Morgan fingerprint density at radius 3 is 2.41 bits per heavy atom. The van der Waals surface area contributed by atoms with E-state index in [1.54, 1.807) is 21.3 Å². The van der Waals surface area contributed by atoms with Crippen molar-refractivity contribution in [3.05, 3.63) is 83.8 Å². The van der Waals surface area contributed by atoms with Crippen LogP contribution in [-0.2, 0) is 34.2 Å². The average Bonchev–Trinajstić information content (AvgIpc) is 3.50. The first-order valence-electron chi connectivity index (χ1n) is 12.8. The Kier molecular flexibility index (Phi) is 8.70. The summed E-state index contributed by atoms with van der Waals surface area (Å²) in [7, 11) is 4.83. The third-order valence-electron chi connectivity index (χ3n) is 6.93. The molecule has 0 aliphatic carbocycles. The second-order valence-corrected chi connectivity index (χ2v) is 9.42. The van der Waals surface area contributed by atoms with Gasteiger partial charge in [-0.2, -0.15) is 4.98 Å². The number of aliphatic hydroxyl groups is 1. The number of aromatic nitrogens is 3. The Morgan fingerprint density at radius 1 is 0.923 bits per heavy atom. The van der Waals surface area contributed by atoms with Crippen LogP contribution < -0.4 is 14.8 Å². The fourth-order valence-electron chi connectivity index (χ4n) is 4.99. The lowest BCUT2D eigenvalue weighted by Gasteiger charge is -2.22. The van der Waals surface area contributed by atoms with Gasteiger partial charge < -0.3 is 38.7 Å². The van der Waals surface area contributed by atoms with E-state index in [0.29, 0.717) is 36.7 Å². The predicted molar refractivity (Wildman–Crippen MR) is 144 cm³/mol. The maximum Gasteiger partial charge on any atom is 0.241 e. The topological polar surface area (TPSA) is 109 Å². The van der Waals surface area contributed by atoms with Gasteiger partial charge in [-0.25, -0.2) is 4.98 Å². The Hall–Kier alpha value is -3.54. The van der Waals surface area contributed by atoms with Gasteiger partial charge >= 0.3 is 0 Å². The van der Waals surface area contributed by atoms with Crippen molar-refractivity contribution in [3.8, 4) is 11.6 Å². The summed E-state index contributed by atoms with van der Waals surface area (Å²) >= 11 is 0. The molecule has 1 aliphatic heterocycles. The van der Waals surface area contributed by atoms with Crippen molar-refractivity contribution in [2.45, 2.75) is 44.2 Å². The van der Waals surface area contributed by atoms with Crippen molar-refractivity contribution in [3.63, 3.8) is 0 Å². The van der Waals surface area contributed by atoms with Gasteiger partial charge in [-0.1, -0.05) is 42.5 Å². The zero-order valence-electron chi connectivity index (χ0n) is 22.3. The lowest BCUT2D eigenvalue weighted by atomic mass is 10.0. The van der Waals surface area contributed by atoms with Crippen molar-refractivity contribution >= 4 is 11.0 Å². The normalized spacial score (nSPS) is 20.9. The number of hydrogen-bond acceptors (Lipinski definition) is 9. The zero-order chi connectivity index (χ0) is 27.2. The molecule has 2 aromatic carbocycles. The summed E-state index contributed by atoms with van der Waals surface area (Å²) in [5.74, 6) is 1.22. The Labute approximate surface area is 227 Å². The molecule has 0 spiro atoms. The van der Waals surface area contributed by atoms with Gasteiger partial charge in [0, 0.05) is 18.9 Å². The van der Waals surface area contributed by atoms with E-state index in [4.69, 9.17) is 23.7 Å². The molecule has 3 heterocycles. The third-order valence-corrected chi connectivity index (χ3v) is 6.93. The van der Waals surface area contributed by atoms with E-state index >= 15 is 0 Å². The maximum atomic E-state index is 11.2. The van der Waals surface area contributed by atoms with Crippen molar-refractivity contribution in [2.24, 2.45) is 0 Å². The largest absolute Gasteiger partial charge is 0.497 e. The van der Waals surface area contributed by atoms with Crippen LogP contribution in [0.15, 0.2) is 67.1 Å². The van der Waals surface area contributed by atoms with E-state index in [9.17, 15) is 5.11 Å². The minimum Gasteiger partial charge on any atom is -0.497 e. The number of rotatable bonds is 12. The first-order chi connectivity index (χ1) is 19.1. The number of fused-ring (bicyclic) bond motifs is 1. The molecule has 4 aromatic rings. The van der Waals surface area contributed by atoms with Gasteiger partial charge in [-0.15, -0.1) is 0 Å². The van der Waals surface area contributed by atoms with Crippen LogP contribution in [0.4, 0.5) is 0 Å². The highest BCUT2D eigenvalue weighted by Gasteiger charge is 2.45. The first kappa shape index (κ1) is 27.0. The number of hydrogen-bond donors (Lipinski definition) is 2. The molecule has 206 valence electrons. The van der Waals surface area contributed by atoms with Crippen LogP contribution in [0.2, 0.25) is 0 Å². The van der Waals surface area contributed by atoms with E-state index in [-0.39, 0.29) is 18.8 Å². The molecule has 1 saturated heterocycles. The molecule has 2 N–H and O–H groups in total. The molecule has 0 bridgehead atoms. The molecule has 39 heavy (non-hydrogen) atoms. The van der Waals surface area contributed by atoms with Gasteiger partial charge in [-0.3, -0.25) is 0 Å². The quantitative estimate of drug-likeness (QED) is 0.283. The summed E-state index contributed by atoms with van der Waals surface area (Å²) in [5.41, 5.74) is 4.31. The van der Waals surface area contributed by atoms with E-state index in [1.807, 2.05) is 65.4 Å². The Balaban J connectivity index is 1.44. The minimum absolute atomic E-state index is 0.267. The number of aliphatic hydroxyl groups excluding tert-OH is 1. The molecule has 0 unspecified atom stereocenters. The lowest BCUT2D eigenvalue weighted by molar-refractivity contribution is -0.0442. The highest BCUT2D eigenvalue weighted by Crippen LogP contribution is 2.37. The smallest absolute Gasteiger partial charge is 0.241 e. The number of nitrogens with one attached hydrogen (secondary N) is 1. The van der Waals surface area contributed by atoms with Crippen LogP contribution in [0.3, 0.4) is 0 Å². The van der Waals surface area contributed by atoms with Gasteiger partial charge in [0.2, 0.25) is 5.88 Å². The standard InChI is InChI=1S/C29H34N4O6/c1-35-16-23-27(34)28(39-15-20-9-11-21(36-2)12-10-20)25(32-23)22-13-33(18-38-14-19-7-5-4-6-8-19)26-24(22)30-17-31-29(26)37-3/h4-13,17,23,25,27-28,32,34H,14-16,18H2,1-3H3/t23-,25+,27-,28+/m1/s1. The van der Waals surface area contributed by atoms with E-state index in [1.165, 1.54) is 6.33 Å². The molecule has 10 heteroatoms. The third kappa shape index (κ3) is 5.90. The fourth-order valence-corrected chi connectivity index (χ4v) is 4.99. The van der Waals surface area contributed by atoms with Crippen molar-refractivity contribution in [1.29, 1.82) is 0 Å². The van der Waals surface area contributed by atoms with Gasteiger partial charge in [0.25, 0.3) is 0 Å². The van der Waals surface area contributed by atoms with Crippen LogP contribution in [0.25, 0.3) is 11.0 Å². The Morgan fingerprint density at radius 2 is 1.69 bits per heavy atom. The van der Waals surface area contributed by atoms with E-state index in [2.05, 4.69) is 15.3 Å². The summed E-state index contributed by atoms with van der Waals surface area (Å²) in [6.45, 7) is 1.37. The van der Waals surface area contributed by atoms with Crippen LogP contribution in [0.1, 0.15) is 22.7 Å². The highest BCUT2D eigenvalue weighted by molar-refractivity contribution is 5.84. The highest BCUT2D eigenvalue weighted by atomic mass is 16.5. The maximum absolute atomic E-state index is 11.2. The summed E-state index contributed by atoms with van der Waals surface area (Å²) in [6, 6.07) is 17.0. The summed E-state index contributed by atoms with van der Waals surface area (Å²) in [6.07, 6.45) is 2.09. The molecule has 0 radical (unpaired) electrons. The first-order valence-corrected chi connectivity index (χ1v) is 12.8. The molecular weight excluding hydrogens is 500 g/mol. The van der Waals surface area contributed by atoms with Crippen LogP contribution in [0, 0.1) is 0 Å². The minimum atomic E-state index is -0.801. The molecule has 2 aromatic heterocycles. The van der Waals surface area contributed by atoms with Crippen LogP contribution in [-0.4, -0.2) is 65.8 Å². The monoisotopic (exact) mass is 534 g/mol. The molecular formula is C29H34N4O6. The molecule has 1 fully saturated rings. The van der Waals surface area contributed by atoms with Crippen LogP contribution in [0.5, 0.6) is 11.6 Å². The molecule has 0 saturated carbocycles. The number of benzene rings is 2. The Bertz CT molecular complexity index is 1350. The van der Waals surface area contributed by atoms with Gasteiger partial charge in [-0.05, 0) is 23.3 Å². The molecule has 0 amide bonds. The summed E-state index contributed by atoms with van der Waals surface area (Å²) < 4.78 is 30.5. The second-order valence-electron chi connectivity index (χ2n) is 9.42. The zero-order valence-corrected chi connectivity index (χ0v) is 22.3. The van der Waals surface area contributed by atoms with Crippen molar-refractivity contribution in [2.75, 3.05) is 27.9 Å². The molecule has 10 nitrogen and oxygen atoms in total. The molecule has 4 atom stereocenters. The summed E-state index contributed by atoms with van der Waals surface area (Å²) in [4.78, 5) is 8.92. The van der Waals surface area contributed by atoms with E-state index < -0.39 is 12.2 Å². The van der Waals surface area contributed by atoms with Gasteiger partial charge in [0.15, 0.2) is 0 Å². The number of nitrogens with zero attached hydrogens (tertiary/aromatic N) is 3. The SMILES string of the molecule is COC[C@H]1N[C@@H](c2cn(COCc3ccccc3)c3c(OC)ncnc23)[C@H](OCc2ccc(OC)cc2)[C@@H]1O. The van der Waals surface area contributed by atoms with Gasteiger partial charge in [0.05, 0.1) is 52.2 Å². The average molecular weight is 535 g/mol. The number of methoxy groups -OCH3 is 3.